The summed E-state index contributed by atoms with van der Waals surface area (Å²) in [5, 5.41) is 6.01. The van der Waals surface area contributed by atoms with Crippen molar-refractivity contribution in [3.8, 4) is 0 Å². The van der Waals surface area contributed by atoms with Crippen molar-refractivity contribution >= 4 is 46.7 Å². The summed E-state index contributed by atoms with van der Waals surface area (Å²) in [5.41, 5.74) is 0.817. The zero-order valence-electron chi connectivity index (χ0n) is 16.1. The van der Waals surface area contributed by atoms with Crippen LogP contribution in [0.2, 0.25) is 10.0 Å². The third-order valence-corrected chi connectivity index (χ3v) is 5.37. The van der Waals surface area contributed by atoms with Gasteiger partial charge in [0.15, 0.2) is 0 Å². The number of carbonyl (C=O) groups excluding carboxylic acids is 3. The van der Waals surface area contributed by atoms with E-state index in [4.69, 9.17) is 23.2 Å². The molecule has 8 heteroatoms. The molecule has 1 saturated heterocycles. The van der Waals surface area contributed by atoms with Crippen molar-refractivity contribution in [3.63, 3.8) is 0 Å². The van der Waals surface area contributed by atoms with E-state index in [1.165, 1.54) is 11.6 Å². The van der Waals surface area contributed by atoms with Crippen molar-refractivity contribution in [1.29, 1.82) is 0 Å². The van der Waals surface area contributed by atoms with E-state index >= 15 is 0 Å². The van der Waals surface area contributed by atoms with Crippen molar-refractivity contribution in [2.24, 2.45) is 0 Å². The van der Waals surface area contributed by atoms with Gasteiger partial charge in [-0.2, -0.15) is 0 Å². The number of imide groups is 1. The lowest BCUT2D eigenvalue weighted by atomic mass is 9.92. The highest BCUT2D eigenvalue weighted by Gasteiger charge is 2.50. The van der Waals surface area contributed by atoms with Gasteiger partial charge in [0.25, 0.3) is 5.91 Å². The minimum Gasteiger partial charge on any atom is -0.325 e. The Balaban J connectivity index is 1.72. The molecular formula is C21H21Cl2N3O3. The third kappa shape index (κ3) is 4.38. The number of carbonyl (C=O) groups is 3. The summed E-state index contributed by atoms with van der Waals surface area (Å²) in [4.78, 5) is 38.6. The maximum atomic E-state index is 13.0. The van der Waals surface area contributed by atoms with Crippen LogP contribution in [-0.2, 0) is 21.5 Å². The number of aryl methyl sites for hydroxylation is 1. The summed E-state index contributed by atoms with van der Waals surface area (Å²) in [7, 11) is 0. The number of hydrogen-bond acceptors (Lipinski definition) is 3. The molecule has 0 spiro atoms. The number of urea groups is 1. The van der Waals surface area contributed by atoms with Gasteiger partial charge in [0.1, 0.15) is 12.1 Å². The van der Waals surface area contributed by atoms with Crippen LogP contribution in [0.5, 0.6) is 0 Å². The van der Waals surface area contributed by atoms with Crippen LogP contribution in [0, 0.1) is 0 Å². The average Bonchev–Trinajstić information content (AvgIpc) is 2.87. The van der Waals surface area contributed by atoms with Crippen molar-refractivity contribution in [2.75, 3.05) is 11.9 Å². The second-order valence-electron chi connectivity index (χ2n) is 7.07. The fourth-order valence-electron chi connectivity index (χ4n) is 3.31. The number of halogens is 2. The van der Waals surface area contributed by atoms with Gasteiger partial charge in [0, 0.05) is 21.3 Å². The summed E-state index contributed by atoms with van der Waals surface area (Å²) in [6, 6.07) is 11.5. The van der Waals surface area contributed by atoms with Gasteiger partial charge >= 0.3 is 6.03 Å². The van der Waals surface area contributed by atoms with Crippen molar-refractivity contribution in [2.45, 2.75) is 32.2 Å². The number of anilines is 1. The minimum atomic E-state index is -1.37. The topological polar surface area (TPSA) is 78.5 Å². The fraction of sp³-hybridized carbons (Fsp3) is 0.286. The highest BCUT2D eigenvalue weighted by Crippen LogP contribution is 2.34. The van der Waals surface area contributed by atoms with Gasteiger partial charge in [-0.15, -0.1) is 0 Å². The van der Waals surface area contributed by atoms with Crippen molar-refractivity contribution < 1.29 is 14.4 Å². The maximum absolute atomic E-state index is 13.0. The van der Waals surface area contributed by atoms with Gasteiger partial charge in [-0.05, 0) is 43.2 Å². The van der Waals surface area contributed by atoms with Gasteiger partial charge in [0.05, 0.1) is 0 Å². The first-order valence-corrected chi connectivity index (χ1v) is 9.98. The molecule has 29 heavy (non-hydrogen) atoms. The Kier molecular flexibility index (Phi) is 6.15. The van der Waals surface area contributed by atoms with E-state index in [0.717, 1.165) is 17.7 Å². The average molecular weight is 434 g/mol. The van der Waals surface area contributed by atoms with Crippen LogP contribution < -0.4 is 10.6 Å². The third-order valence-electron chi connectivity index (χ3n) is 4.82. The molecule has 1 aliphatic rings. The lowest BCUT2D eigenvalue weighted by Crippen LogP contribution is -2.42. The monoisotopic (exact) mass is 433 g/mol. The molecule has 2 N–H and O–H groups in total. The van der Waals surface area contributed by atoms with Crippen LogP contribution in [0.3, 0.4) is 0 Å². The molecule has 4 amide bonds. The van der Waals surface area contributed by atoms with Crippen LogP contribution in [0.1, 0.15) is 31.4 Å². The predicted octanol–water partition coefficient (Wildman–Crippen LogP) is 4.35. The molecule has 0 saturated carbocycles. The highest BCUT2D eigenvalue weighted by atomic mass is 35.5. The maximum Gasteiger partial charge on any atom is 0.325 e. The first-order valence-electron chi connectivity index (χ1n) is 9.23. The highest BCUT2D eigenvalue weighted by molar-refractivity contribution is 6.35. The molecular weight excluding hydrogens is 413 g/mol. The number of nitrogens with one attached hydrogen (secondary N) is 2. The lowest BCUT2D eigenvalue weighted by molar-refractivity contribution is -0.133. The zero-order chi connectivity index (χ0) is 21.2. The molecule has 3 rings (SSSR count). The second-order valence-corrected chi connectivity index (χ2v) is 7.91. The second kappa shape index (κ2) is 8.43. The van der Waals surface area contributed by atoms with Gasteiger partial charge in [-0.1, -0.05) is 54.7 Å². The number of hydrogen-bond donors (Lipinski definition) is 2. The molecule has 152 valence electrons. The zero-order valence-corrected chi connectivity index (χ0v) is 17.6. The Hall–Kier alpha value is -2.57. The molecule has 0 radical (unpaired) electrons. The first-order chi connectivity index (χ1) is 13.7. The van der Waals surface area contributed by atoms with Gasteiger partial charge < -0.3 is 10.6 Å². The molecule has 6 nitrogen and oxygen atoms in total. The molecule has 1 fully saturated rings. The standard InChI is InChI=1S/C21H21Cl2N3O3/c1-3-4-13-5-8-15(9-6-13)24-18(27)12-26-19(28)21(2,25-20(26)29)16-10-7-14(22)11-17(16)23/h5-11H,3-4,12H2,1-2H3,(H,24,27)(H,25,29). The number of amides is 4. The summed E-state index contributed by atoms with van der Waals surface area (Å²) in [6.45, 7) is 3.24. The Labute approximate surface area is 179 Å². The summed E-state index contributed by atoms with van der Waals surface area (Å²) < 4.78 is 0. The predicted molar refractivity (Wildman–Crippen MR) is 113 cm³/mol. The van der Waals surface area contributed by atoms with E-state index in [1.807, 2.05) is 12.1 Å². The molecule has 1 unspecified atom stereocenters. The van der Waals surface area contributed by atoms with E-state index in [1.54, 1.807) is 31.2 Å². The van der Waals surface area contributed by atoms with Crippen LogP contribution in [0.15, 0.2) is 42.5 Å². The number of nitrogens with zero attached hydrogens (tertiary/aromatic N) is 1. The summed E-state index contributed by atoms with van der Waals surface area (Å²) in [6.07, 6.45) is 2.00. The molecule has 1 heterocycles. The number of rotatable bonds is 6. The number of benzene rings is 2. The van der Waals surface area contributed by atoms with Crippen LogP contribution in [-0.4, -0.2) is 29.3 Å². The SMILES string of the molecule is CCCc1ccc(NC(=O)CN2C(=O)NC(C)(c3ccc(Cl)cc3Cl)C2=O)cc1. The smallest absolute Gasteiger partial charge is 0.325 e. The van der Waals surface area contributed by atoms with E-state index in [0.29, 0.717) is 16.3 Å². The van der Waals surface area contributed by atoms with E-state index < -0.39 is 29.9 Å². The Morgan fingerprint density at radius 2 is 1.83 bits per heavy atom. The van der Waals surface area contributed by atoms with Crippen molar-refractivity contribution in [1.82, 2.24) is 10.2 Å². The molecule has 2 aromatic carbocycles. The van der Waals surface area contributed by atoms with Gasteiger partial charge in [-0.3, -0.25) is 14.5 Å². The molecule has 0 aromatic heterocycles. The van der Waals surface area contributed by atoms with Gasteiger partial charge in [-0.25, -0.2) is 4.79 Å². The van der Waals surface area contributed by atoms with Gasteiger partial charge in [0.2, 0.25) is 5.91 Å². The minimum absolute atomic E-state index is 0.257. The van der Waals surface area contributed by atoms with Crippen molar-refractivity contribution in [3.05, 3.63) is 63.6 Å². The molecule has 1 aliphatic heterocycles. The fourth-order valence-corrected chi connectivity index (χ4v) is 3.90. The first kappa shape index (κ1) is 21.1. The Morgan fingerprint density at radius 1 is 1.14 bits per heavy atom. The molecule has 1 atom stereocenters. The Morgan fingerprint density at radius 3 is 2.45 bits per heavy atom. The lowest BCUT2D eigenvalue weighted by Gasteiger charge is -2.23. The largest absolute Gasteiger partial charge is 0.325 e. The van der Waals surface area contributed by atoms with E-state index in [9.17, 15) is 14.4 Å². The quantitative estimate of drug-likeness (QED) is 0.664. The molecule has 0 aliphatic carbocycles. The molecule has 0 bridgehead atoms. The van der Waals surface area contributed by atoms with Crippen LogP contribution in [0.4, 0.5) is 10.5 Å². The van der Waals surface area contributed by atoms with E-state index in [-0.39, 0.29) is 5.02 Å². The van der Waals surface area contributed by atoms with E-state index in [2.05, 4.69) is 17.6 Å². The summed E-state index contributed by atoms with van der Waals surface area (Å²) >= 11 is 12.1. The van der Waals surface area contributed by atoms with Crippen LogP contribution in [0.25, 0.3) is 0 Å². The summed E-state index contributed by atoms with van der Waals surface area (Å²) in [5.74, 6) is -1.02. The van der Waals surface area contributed by atoms with Crippen LogP contribution >= 0.6 is 23.2 Å². The molecule has 2 aromatic rings. The Bertz CT molecular complexity index is 962. The normalized spacial score (nSPS) is 18.7.